The number of furan rings is 1. The van der Waals surface area contributed by atoms with Crippen molar-refractivity contribution in [1.29, 1.82) is 0 Å². The van der Waals surface area contributed by atoms with Crippen molar-refractivity contribution in [3.63, 3.8) is 0 Å². The monoisotopic (exact) mass is 655 g/mol. The van der Waals surface area contributed by atoms with Gasteiger partial charge in [-0.25, -0.2) is 4.99 Å². The second kappa shape index (κ2) is 12.9. The van der Waals surface area contributed by atoms with Crippen LogP contribution in [-0.2, 0) is 6.54 Å². The summed E-state index contributed by atoms with van der Waals surface area (Å²) in [6.07, 6.45) is 0. The molecule has 8 aromatic carbocycles. The van der Waals surface area contributed by atoms with Gasteiger partial charge in [0.2, 0.25) is 0 Å². The number of fused-ring (bicyclic) bond motifs is 5. The average Bonchev–Trinajstić information content (AvgIpc) is 3.59. The van der Waals surface area contributed by atoms with Crippen LogP contribution >= 0.6 is 0 Å². The van der Waals surface area contributed by atoms with Gasteiger partial charge in [0.25, 0.3) is 0 Å². The minimum absolute atomic E-state index is 0.379. The number of amidine groups is 2. The summed E-state index contributed by atoms with van der Waals surface area (Å²) < 4.78 is 6.62. The lowest BCUT2D eigenvalue weighted by molar-refractivity contribution is 0.670. The van der Waals surface area contributed by atoms with Crippen molar-refractivity contribution in [1.82, 2.24) is 0 Å². The van der Waals surface area contributed by atoms with Crippen LogP contribution in [0.25, 0.3) is 65.7 Å². The van der Waals surface area contributed by atoms with Crippen molar-refractivity contribution in [3.05, 3.63) is 193 Å². The first-order valence-electron chi connectivity index (χ1n) is 17.2. The third kappa shape index (κ3) is 5.63. The Morgan fingerprint density at radius 3 is 1.86 bits per heavy atom. The van der Waals surface area contributed by atoms with Crippen molar-refractivity contribution in [2.45, 2.75) is 6.54 Å². The molecule has 0 amide bonds. The maximum Gasteiger partial charge on any atom is 0.157 e. The standard InChI is InChI=1S/C47H33N3O/c48-46(42-24-11-25-43-44(42)41-23-10-22-40(45(41)51-43)39-21-9-17-33-15-5-7-19-38(33)39)50-47(49-30-31-12-2-1-3-13-31)35-28-26-34(27-29-35)37-20-8-16-32-14-4-6-18-36(32)37/h1-29H,30H2,(H2,48,49,50). The van der Waals surface area contributed by atoms with E-state index in [0.717, 1.165) is 55.3 Å². The molecule has 0 saturated heterocycles. The predicted molar refractivity (Wildman–Crippen MR) is 213 cm³/mol. The van der Waals surface area contributed by atoms with Crippen LogP contribution in [0.3, 0.4) is 0 Å². The van der Waals surface area contributed by atoms with E-state index in [-0.39, 0.29) is 0 Å². The van der Waals surface area contributed by atoms with Crippen LogP contribution in [0.4, 0.5) is 0 Å². The van der Waals surface area contributed by atoms with E-state index in [2.05, 4.69) is 140 Å². The third-order valence-electron chi connectivity index (χ3n) is 9.60. The highest BCUT2D eigenvalue weighted by atomic mass is 16.3. The van der Waals surface area contributed by atoms with E-state index in [9.17, 15) is 0 Å². The summed E-state index contributed by atoms with van der Waals surface area (Å²) in [7, 11) is 0. The van der Waals surface area contributed by atoms with Gasteiger partial charge in [0, 0.05) is 27.5 Å². The Kier molecular flexibility index (Phi) is 7.67. The fourth-order valence-corrected chi connectivity index (χ4v) is 7.12. The van der Waals surface area contributed by atoms with Gasteiger partial charge in [-0.05, 0) is 49.9 Å². The number of para-hydroxylation sites is 1. The van der Waals surface area contributed by atoms with Gasteiger partial charge >= 0.3 is 0 Å². The lowest BCUT2D eigenvalue weighted by Gasteiger charge is -2.10. The van der Waals surface area contributed by atoms with Gasteiger partial charge in [-0.2, -0.15) is 0 Å². The summed E-state index contributed by atoms with van der Waals surface area (Å²) in [5.41, 5.74) is 15.8. The normalized spacial score (nSPS) is 12.3. The molecule has 9 aromatic rings. The first-order chi connectivity index (χ1) is 25.2. The van der Waals surface area contributed by atoms with Gasteiger partial charge in [-0.1, -0.05) is 170 Å². The maximum atomic E-state index is 6.95. The lowest BCUT2D eigenvalue weighted by Crippen LogP contribution is -2.17. The smallest absolute Gasteiger partial charge is 0.157 e. The Hall–Kier alpha value is -6.78. The Bertz CT molecular complexity index is 2760. The van der Waals surface area contributed by atoms with Crippen LogP contribution in [0.15, 0.2) is 190 Å². The molecule has 242 valence electrons. The van der Waals surface area contributed by atoms with Crippen molar-refractivity contribution in [2.75, 3.05) is 0 Å². The van der Waals surface area contributed by atoms with E-state index in [1.807, 2.05) is 36.4 Å². The summed E-state index contributed by atoms with van der Waals surface area (Å²) in [4.78, 5) is 10.1. The minimum Gasteiger partial charge on any atom is -0.455 e. The zero-order valence-corrected chi connectivity index (χ0v) is 27.8. The quantitative estimate of drug-likeness (QED) is 0.143. The van der Waals surface area contributed by atoms with Crippen LogP contribution in [-0.4, -0.2) is 11.7 Å². The summed E-state index contributed by atoms with van der Waals surface area (Å²) in [6.45, 7) is 0.477. The molecule has 0 unspecified atom stereocenters. The first-order valence-corrected chi connectivity index (χ1v) is 17.2. The molecule has 0 fully saturated rings. The molecule has 51 heavy (non-hydrogen) atoms. The van der Waals surface area contributed by atoms with E-state index in [0.29, 0.717) is 18.2 Å². The van der Waals surface area contributed by atoms with E-state index in [1.165, 1.54) is 27.1 Å². The third-order valence-corrected chi connectivity index (χ3v) is 9.60. The molecule has 0 aliphatic rings. The van der Waals surface area contributed by atoms with Crippen LogP contribution < -0.4 is 5.73 Å². The maximum absolute atomic E-state index is 6.95. The average molecular weight is 656 g/mol. The van der Waals surface area contributed by atoms with Crippen LogP contribution in [0.1, 0.15) is 16.7 Å². The Morgan fingerprint density at radius 2 is 1.10 bits per heavy atom. The molecule has 0 aliphatic carbocycles. The Morgan fingerprint density at radius 1 is 0.510 bits per heavy atom. The summed E-state index contributed by atoms with van der Waals surface area (Å²) >= 11 is 0. The van der Waals surface area contributed by atoms with E-state index < -0.39 is 0 Å². The Balaban J connectivity index is 1.15. The van der Waals surface area contributed by atoms with Gasteiger partial charge in [0.05, 0.1) is 6.54 Å². The SMILES string of the molecule is N/C(=N\C(=N/Cc1ccccc1)c1ccc(-c2cccc3ccccc23)cc1)c1cccc2oc3c(-c4cccc5ccccc45)cccc3c12. The molecule has 0 spiro atoms. The number of nitrogens with two attached hydrogens (primary N) is 1. The molecule has 9 rings (SSSR count). The molecule has 1 heterocycles. The van der Waals surface area contributed by atoms with Gasteiger partial charge < -0.3 is 10.2 Å². The summed E-state index contributed by atoms with van der Waals surface area (Å²) in [5, 5.41) is 6.73. The topological polar surface area (TPSA) is 63.9 Å². The second-order valence-corrected chi connectivity index (χ2v) is 12.7. The van der Waals surface area contributed by atoms with Crippen LogP contribution in [0, 0.1) is 0 Å². The van der Waals surface area contributed by atoms with Gasteiger partial charge in [-0.3, -0.25) is 4.99 Å². The van der Waals surface area contributed by atoms with Crippen molar-refractivity contribution in [3.8, 4) is 22.3 Å². The van der Waals surface area contributed by atoms with E-state index in [4.69, 9.17) is 20.1 Å². The van der Waals surface area contributed by atoms with Crippen molar-refractivity contribution < 1.29 is 4.42 Å². The van der Waals surface area contributed by atoms with Crippen molar-refractivity contribution in [2.24, 2.45) is 15.7 Å². The first kappa shape index (κ1) is 30.3. The number of rotatable bonds is 6. The highest BCUT2D eigenvalue weighted by molar-refractivity contribution is 6.22. The van der Waals surface area contributed by atoms with E-state index in [1.54, 1.807) is 0 Å². The van der Waals surface area contributed by atoms with Gasteiger partial charge in [-0.15, -0.1) is 0 Å². The van der Waals surface area contributed by atoms with Gasteiger partial charge in [0.1, 0.15) is 17.0 Å². The summed E-state index contributed by atoms with van der Waals surface area (Å²) in [6, 6.07) is 60.7. The number of benzene rings is 8. The molecular formula is C47H33N3O. The lowest BCUT2D eigenvalue weighted by atomic mass is 9.96. The van der Waals surface area contributed by atoms with Crippen molar-refractivity contribution >= 4 is 55.2 Å². The number of aliphatic imine (C=N–C) groups is 2. The molecule has 0 bridgehead atoms. The number of hydrogen-bond donors (Lipinski definition) is 1. The summed E-state index contributed by atoms with van der Waals surface area (Å²) in [5.74, 6) is 0.950. The molecule has 4 nitrogen and oxygen atoms in total. The molecular weight excluding hydrogens is 623 g/mol. The van der Waals surface area contributed by atoms with E-state index >= 15 is 0 Å². The molecule has 0 aliphatic heterocycles. The fraction of sp³-hybridized carbons (Fsp3) is 0.0213. The van der Waals surface area contributed by atoms with Crippen LogP contribution in [0.2, 0.25) is 0 Å². The zero-order valence-electron chi connectivity index (χ0n) is 27.8. The number of nitrogens with zero attached hydrogens (tertiary/aromatic N) is 2. The van der Waals surface area contributed by atoms with Crippen LogP contribution in [0.5, 0.6) is 0 Å². The fourth-order valence-electron chi connectivity index (χ4n) is 7.12. The molecule has 2 N–H and O–H groups in total. The molecule has 0 radical (unpaired) electrons. The van der Waals surface area contributed by atoms with Gasteiger partial charge in [0.15, 0.2) is 5.84 Å². The minimum atomic E-state index is 0.379. The Labute approximate surface area is 295 Å². The second-order valence-electron chi connectivity index (χ2n) is 12.7. The molecule has 4 heteroatoms. The molecule has 0 atom stereocenters. The predicted octanol–water partition coefficient (Wildman–Crippen LogP) is 11.6. The molecule has 0 saturated carbocycles. The highest BCUT2D eigenvalue weighted by Gasteiger charge is 2.18. The largest absolute Gasteiger partial charge is 0.455 e. The highest BCUT2D eigenvalue weighted by Crippen LogP contribution is 2.39. The molecule has 1 aromatic heterocycles. The zero-order chi connectivity index (χ0) is 34.1. The number of hydrogen-bond acceptors (Lipinski definition) is 2.